The second-order valence-electron chi connectivity index (χ2n) is 6.57. The average molecular weight is 443 g/mol. The van der Waals surface area contributed by atoms with E-state index in [0.29, 0.717) is 28.3 Å². The summed E-state index contributed by atoms with van der Waals surface area (Å²) in [6.07, 6.45) is 0.903. The number of hydrogen-bond donors (Lipinski definition) is 4. The molecule has 2 aromatic rings. The second kappa shape index (κ2) is 9.29. The van der Waals surface area contributed by atoms with Crippen molar-refractivity contribution in [3.05, 3.63) is 52.5 Å². The number of phosphoric ester groups is 1. The number of halogens is 1. The highest BCUT2D eigenvalue weighted by molar-refractivity contribution is 7.99. The van der Waals surface area contributed by atoms with Gasteiger partial charge in [-0.3, -0.25) is 4.52 Å². The molecule has 0 aromatic heterocycles. The van der Waals surface area contributed by atoms with Crippen LogP contribution >= 0.6 is 31.2 Å². The van der Waals surface area contributed by atoms with Crippen LogP contribution in [0.5, 0.6) is 5.75 Å². The molecule has 150 valence electrons. The molecule has 0 fully saturated rings. The van der Waals surface area contributed by atoms with E-state index in [1.807, 2.05) is 18.2 Å². The minimum Gasteiger partial charge on any atom is -0.507 e. The highest BCUT2D eigenvalue weighted by atomic mass is 35.5. The molecular weight excluding hydrogens is 423 g/mol. The molecule has 0 spiro atoms. The molecule has 5 N–H and O–H groups in total. The minimum absolute atomic E-state index is 0.0770. The van der Waals surface area contributed by atoms with Gasteiger partial charge >= 0.3 is 7.82 Å². The number of rotatable bonds is 8. The molecule has 0 amide bonds. The quantitative estimate of drug-likeness (QED) is 0.453. The van der Waals surface area contributed by atoms with Gasteiger partial charge in [0.05, 0.1) is 23.1 Å². The first-order chi connectivity index (χ1) is 13.0. The Morgan fingerprint density at radius 3 is 2.64 bits per heavy atom. The predicted molar refractivity (Wildman–Crippen MR) is 107 cm³/mol. The molecule has 7 nitrogen and oxygen atoms in total. The van der Waals surface area contributed by atoms with Gasteiger partial charge in [-0.05, 0) is 55.7 Å². The zero-order chi connectivity index (χ0) is 20.9. The van der Waals surface area contributed by atoms with Crippen molar-refractivity contribution < 1.29 is 24.0 Å². The molecule has 0 saturated heterocycles. The van der Waals surface area contributed by atoms with Crippen molar-refractivity contribution in [3.63, 3.8) is 0 Å². The maximum Gasteiger partial charge on any atom is 0.469 e. The Balaban J connectivity index is 2.04. The van der Waals surface area contributed by atoms with Gasteiger partial charge < -0.3 is 20.6 Å². The van der Waals surface area contributed by atoms with Gasteiger partial charge in [-0.15, -0.1) is 0 Å². The molecular formula is C18H20ClN2O5PS. The molecule has 2 rings (SSSR count). The van der Waals surface area contributed by atoms with Crippen molar-refractivity contribution in [2.75, 3.05) is 6.61 Å². The first-order valence-electron chi connectivity index (χ1n) is 8.17. The molecule has 28 heavy (non-hydrogen) atoms. The Labute approximate surface area is 172 Å². The number of nitriles is 1. The maximum atomic E-state index is 10.8. The third kappa shape index (κ3) is 7.12. The number of phenolic OH excluding ortho intramolecular Hbond substituents is 1. The van der Waals surface area contributed by atoms with E-state index >= 15 is 0 Å². The largest absolute Gasteiger partial charge is 0.507 e. The fourth-order valence-electron chi connectivity index (χ4n) is 2.31. The molecule has 10 heteroatoms. The lowest BCUT2D eigenvalue weighted by molar-refractivity contribution is 0.154. The smallest absolute Gasteiger partial charge is 0.469 e. The van der Waals surface area contributed by atoms with Gasteiger partial charge in [0.15, 0.2) is 0 Å². The van der Waals surface area contributed by atoms with Gasteiger partial charge in [-0.1, -0.05) is 29.4 Å². The summed E-state index contributed by atoms with van der Waals surface area (Å²) in [7, 11) is -4.57. The van der Waals surface area contributed by atoms with Crippen molar-refractivity contribution in [3.8, 4) is 11.8 Å². The predicted octanol–water partition coefficient (Wildman–Crippen LogP) is 3.83. The summed E-state index contributed by atoms with van der Waals surface area (Å²) >= 11 is 7.63. The number of phosphoric acid groups is 1. The number of nitrogens with two attached hydrogens (primary N) is 1. The molecule has 0 aliphatic carbocycles. The Kier molecular flexibility index (Phi) is 7.54. The summed E-state index contributed by atoms with van der Waals surface area (Å²) < 4.78 is 15.3. The summed E-state index contributed by atoms with van der Waals surface area (Å²) in [5, 5.41) is 19.4. The average Bonchev–Trinajstić information content (AvgIpc) is 2.61. The third-order valence-corrected chi connectivity index (χ3v) is 5.72. The SMILES string of the molecule is CC(N)(CCc1ccc(Sc2cc(C#N)ccc2O)cc1Cl)COP(=O)(O)O. The molecule has 0 aliphatic heterocycles. The zero-order valence-electron chi connectivity index (χ0n) is 15.0. The van der Waals surface area contributed by atoms with Crippen molar-refractivity contribution in [1.29, 1.82) is 5.26 Å². The van der Waals surface area contributed by atoms with Gasteiger partial charge in [0.25, 0.3) is 0 Å². The first kappa shape index (κ1) is 22.7. The highest BCUT2D eigenvalue weighted by Crippen LogP contribution is 2.38. The molecule has 0 saturated carbocycles. The second-order valence-corrected chi connectivity index (χ2v) is 9.33. The number of nitrogens with zero attached hydrogens (tertiary/aromatic N) is 1. The van der Waals surface area contributed by atoms with E-state index in [2.05, 4.69) is 4.52 Å². The summed E-state index contributed by atoms with van der Waals surface area (Å²) in [4.78, 5) is 18.9. The van der Waals surface area contributed by atoms with Crippen LogP contribution in [0.15, 0.2) is 46.2 Å². The zero-order valence-corrected chi connectivity index (χ0v) is 17.5. The van der Waals surface area contributed by atoms with Crippen LogP contribution < -0.4 is 5.73 Å². The monoisotopic (exact) mass is 442 g/mol. The molecule has 1 atom stereocenters. The summed E-state index contributed by atoms with van der Waals surface area (Å²) in [6, 6.07) is 12.1. The molecule has 0 radical (unpaired) electrons. The van der Waals surface area contributed by atoms with Crippen LogP contribution in [0.25, 0.3) is 0 Å². The van der Waals surface area contributed by atoms with Crippen LogP contribution in [0.2, 0.25) is 5.02 Å². The van der Waals surface area contributed by atoms with Crippen LogP contribution in [-0.4, -0.2) is 27.0 Å². The topological polar surface area (TPSA) is 137 Å². The van der Waals surface area contributed by atoms with Crippen molar-refractivity contribution >= 4 is 31.2 Å². The van der Waals surface area contributed by atoms with Crippen molar-refractivity contribution in [2.24, 2.45) is 5.73 Å². The molecule has 0 bridgehead atoms. The molecule has 2 aromatic carbocycles. The first-order valence-corrected chi connectivity index (χ1v) is 10.9. The van der Waals surface area contributed by atoms with Crippen LogP contribution in [-0.2, 0) is 15.5 Å². The van der Waals surface area contributed by atoms with E-state index in [1.54, 1.807) is 19.1 Å². The lowest BCUT2D eigenvalue weighted by atomic mass is 9.95. The van der Waals surface area contributed by atoms with Gasteiger partial charge in [0.2, 0.25) is 0 Å². The Hall–Kier alpha value is -1.56. The fourth-order valence-corrected chi connectivity index (χ4v) is 4.04. The van der Waals surface area contributed by atoms with Crippen molar-refractivity contribution in [2.45, 2.75) is 35.1 Å². The van der Waals surface area contributed by atoms with Gasteiger partial charge in [0.1, 0.15) is 5.75 Å². The Morgan fingerprint density at radius 2 is 2.04 bits per heavy atom. The molecule has 0 aliphatic rings. The normalized spacial score (nSPS) is 13.7. The lowest BCUT2D eigenvalue weighted by Gasteiger charge is -2.24. The minimum atomic E-state index is -4.57. The van der Waals surface area contributed by atoms with Crippen molar-refractivity contribution in [1.82, 2.24) is 0 Å². The number of phenols is 1. The number of benzene rings is 2. The molecule has 0 heterocycles. The van der Waals surface area contributed by atoms with Gasteiger partial charge in [0, 0.05) is 15.5 Å². The standard InChI is InChI=1S/C18H20ClN2O5PS/c1-18(21,11-26-27(23,24)25)7-6-13-3-4-14(9-15(13)19)28-17-8-12(10-20)2-5-16(17)22/h2-5,8-9,22H,6-7,11,21H2,1H3,(H2,23,24,25). The summed E-state index contributed by atoms with van der Waals surface area (Å²) in [6.45, 7) is 1.36. The number of aryl methyl sites for hydroxylation is 1. The van der Waals surface area contributed by atoms with E-state index < -0.39 is 13.4 Å². The van der Waals surface area contributed by atoms with Crippen LogP contribution in [0.1, 0.15) is 24.5 Å². The Bertz CT molecular complexity index is 942. The lowest BCUT2D eigenvalue weighted by Crippen LogP contribution is -2.41. The van der Waals surface area contributed by atoms with Crippen LogP contribution in [0, 0.1) is 11.3 Å². The molecule has 1 unspecified atom stereocenters. The van der Waals surface area contributed by atoms with E-state index in [1.165, 1.54) is 23.9 Å². The third-order valence-electron chi connectivity index (χ3n) is 3.87. The van der Waals surface area contributed by atoms with Crippen LogP contribution in [0.3, 0.4) is 0 Å². The fraction of sp³-hybridized carbons (Fsp3) is 0.278. The van der Waals surface area contributed by atoms with Gasteiger partial charge in [-0.2, -0.15) is 5.26 Å². The highest BCUT2D eigenvalue weighted by Gasteiger charge is 2.24. The van der Waals surface area contributed by atoms with E-state index in [0.717, 1.165) is 10.5 Å². The van der Waals surface area contributed by atoms with E-state index in [4.69, 9.17) is 32.4 Å². The maximum absolute atomic E-state index is 10.8. The number of aromatic hydroxyl groups is 1. The van der Waals surface area contributed by atoms with Crippen LogP contribution in [0.4, 0.5) is 0 Å². The van der Waals surface area contributed by atoms with Gasteiger partial charge in [-0.25, -0.2) is 4.57 Å². The summed E-state index contributed by atoms with van der Waals surface area (Å²) in [5.74, 6) is 0.0770. The van der Waals surface area contributed by atoms with E-state index in [-0.39, 0.29) is 12.4 Å². The summed E-state index contributed by atoms with van der Waals surface area (Å²) in [5.41, 5.74) is 6.37. The Morgan fingerprint density at radius 1 is 1.32 bits per heavy atom. The van der Waals surface area contributed by atoms with E-state index in [9.17, 15) is 9.67 Å². The number of hydrogen-bond acceptors (Lipinski definition) is 6.